The maximum atomic E-state index is 12.9. The summed E-state index contributed by atoms with van der Waals surface area (Å²) in [7, 11) is 0. The Morgan fingerprint density at radius 3 is 2.78 bits per heavy atom. The molecule has 3 rings (SSSR count). The summed E-state index contributed by atoms with van der Waals surface area (Å²) in [4.78, 5) is 52.6. The van der Waals surface area contributed by atoms with Gasteiger partial charge in [0.05, 0.1) is 12.2 Å². The Hall–Kier alpha value is -2.24. The van der Waals surface area contributed by atoms with Crippen LogP contribution in [0, 0.1) is 0 Å². The summed E-state index contributed by atoms with van der Waals surface area (Å²) < 4.78 is 0.840. The van der Waals surface area contributed by atoms with Crippen molar-refractivity contribution in [2.45, 2.75) is 44.3 Å². The second kappa shape index (κ2) is 7.41. The van der Waals surface area contributed by atoms with Crippen LogP contribution in [-0.4, -0.2) is 67.5 Å². The minimum Gasteiger partial charge on any atom is -0.334 e. The van der Waals surface area contributed by atoms with Crippen molar-refractivity contribution in [3.63, 3.8) is 0 Å². The molecule has 0 spiro atoms. The van der Waals surface area contributed by atoms with E-state index in [-0.39, 0.29) is 23.6 Å². The number of hydrogen-bond donors (Lipinski definition) is 3. The van der Waals surface area contributed by atoms with Gasteiger partial charge in [0, 0.05) is 31.2 Å². The van der Waals surface area contributed by atoms with Crippen molar-refractivity contribution in [2.24, 2.45) is 11.5 Å². The van der Waals surface area contributed by atoms with Crippen molar-refractivity contribution in [3.8, 4) is 0 Å². The first kappa shape index (κ1) is 19.5. The standard InChI is InChI=1S/C16H22N6O4S/c1-9-3-2-4-22(9,15(18)25)14(24)11(17)5-10-6-21(8-19-10)13(23)12-7-27-16(26)20-12/h6,8-9,11-12H,2-5,7,17H2,1H3,(H2-,18,20,25,26)/p+1/t9-,11+,12?,22?/m1/s1. The summed E-state index contributed by atoms with van der Waals surface area (Å²) in [6.45, 7) is 2.18. The summed E-state index contributed by atoms with van der Waals surface area (Å²) in [5.41, 5.74) is 12.1. The normalized spacial score (nSPS) is 28.7. The number of aromatic nitrogens is 2. The molecule has 0 radical (unpaired) electrons. The van der Waals surface area contributed by atoms with Gasteiger partial charge in [-0.2, -0.15) is 4.48 Å². The molecular weight excluding hydrogens is 372 g/mol. The lowest BCUT2D eigenvalue weighted by Gasteiger charge is -2.32. The van der Waals surface area contributed by atoms with Crippen LogP contribution in [0.5, 0.6) is 0 Å². The quantitative estimate of drug-likeness (QED) is 0.599. The minimum atomic E-state index is -0.960. The minimum absolute atomic E-state index is 0.0882. The smallest absolute Gasteiger partial charge is 0.334 e. The SMILES string of the molecule is C[C@@H]1CCC[N+]1(C(N)=O)C(=O)[C@@H](N)Cc1cn(C(=O)C2CSC(=O)N2)cn1. The number of thioether (sulfide) groups is 1. The van der Waals surface area contributed by atoms with Gasteiger partial charge in [-0.15, -0.1) is 0 Å². The van der Waals surface area contributed by atoms with Gasteiger partial charge in [0.25, 0.3) is 11.1 Å². The van der Waals surface area contributed by atoms with E-state index in [1.165, 1.54) is 17.1 Å². The monoisotopic (exact) mass is 395 g/mol. The molecule has 5 N–H and O–H groups in total. The van der Waals surface area contributed by atoms with Gasteiger partial charge in [-0.25, -0.2) is 14.6 Å². The molecule has 2 saturated heterocycles. The third-order valence-electron chi connectivity index (χ3n) is 5.28. The average Bonchev–Trinajstić information content (AvgIpc) is 3.34. The number of hydrogen-bond acceptors (Lipinski definition) is 7. The van der Waals surface area contributed by atoms with E-state index in [2.05, 4.69) is 10.3 Å². The number of imidazole rings is 1. The molecule has 2 aliphatic rings. The Kier molecular flexibility index (Phi) is 5.36. The first-order valence-corrected chi connectivity index (χ1v) is 9.72. The van der Waals surface area contributed by atoms with Gasteiger partial charge in [-0.1, -0.05) is 11.8 Å². The number of rotatable bonds is 4. The molecular formula is C16H23N6O4S+. The highest BCUT2D eigenvalue weighted by Gasteiger charge is 2.52. The van der Waals surface area contributed by atoms with Crippen molar-refractivity contribution in [1.82, 2.24) is 14.9 Å². The number of imide groups is 1. The fourth-order valence-corrected chi connectivity index (χ4v) is 4.51. The van der Waals surface area contributed by atoms with Crippen LogP contribution < -0.4 is 16.8 Å². The van der Waals surface area contributed by atoms with E-state index >= 15 is 0 Å². The van der Waals surface area contributed by atoms with E-state index < -0.39 is 28.5 Å². The molecule has 10 nitrogen and oxygen atoms in total. The largest absolute Gasteiger partial charge is 0.421 e. The number of amides is 4. The molecule has 4 atom stereocenters. The molecule has 146 valence electrons. The van der Waals surface area contributed by atoms with Crippen LogP contribution in [0.1, 0.15) is 30.3 Å². The number of nitrogens with zero attached hydrogens (tertiary/aromatic N) is 3. The zero-order chi connectivity index (χ0) is 19.8. The third kappa shape index (κ3) is 3.49. The van der Waals surface area contributed by atoms with Crippen LogP contribution in [-0.2, 0) is 11.2 Å². The van der Waals surface area contributed by atoms with Crippen molar-refractivity contribution in [3.05, 3.63) is 18.2 Å². The lowest BCUT2D eigenvalue weighted by Crippen LogP contribution is -2.65. The highest BCUT2D eigenvalue weighted by Crippen LogP contribution is 2.28. The van der Waals surface area contributed by atoms with Crippen LogP contribution in [0.15, 0.2) is 12.5 Å². The molecule has 0 saturated carbocycles. The van der Waals surface area contributed by atoms with E-state index in [1.54, 1.807) is 0 Å². The molecule has 0 aliphatic carbocycles. The van der Waals surface area contributed by atoms with Crippen molar-refractivity contribution in [1.29, 1.82) is 0 Å². The Balaban J connectivity index is 1.69. The number of carbonyl (C=O) groups is 4. The molecule has 27 heavy (non-hydrogen) atoms. The molecule has 2 aliphatic heterocycles. The van der Waals surface area contributed by atoms with Crippen molar-refractivity contribution < 1.29 is 23.7 Å². The Morgan fingerprint density at radius 2 is 2.22 bits per heavy atom. The second-order valence-electron chi connectivity index (χ2n) is 6.98. The number of quaternary nitrogens is 1. The fourth-order valence-electron chi connectivity index (χ4n) is 3.74. The number of nitrogens with two attached hydrogens (primary N) is 2. The van der Waals surface area contributed by atoms with Crippen LogP contribution in [0.3, 0.4) is 0 Å². The van der Waals surface area contributed by atoms with E-state index in [9.17, 15) is 19.2 Å². The number of carbonyl (C=O) groups excluding carboxylic acids is 4. The number of likely N-dealkylation sites (tertiary alicyclic amines) is 1. The lowest BCUT2D eigenvalue weighted by molar-refractivity contribution is -0.784. The molecule has 2 fully saturated rings. The van der Waals surface area contributed by atoms with Gasteiger partial charge in [0.2, 0.25) is 0 Å². The lowest BCUT2D eigenvalue weighted by atomic mass is 10.1. The molecule has 1 aromatic heterocycles. The van der Waals surface area contributed by atoms with Crippen LogP contribution in [0.4, 0.5) is 9.59 Å². The molecule has 3 heterocycles. The zero-order valence-corrected chi connectivity index (χ0v) is 15.8. The highest BCUT2D eigenvalue weighted by molar-refractivity contribution is 8.14. The number of primary amides is 1. The first-order chi connectivity index (χ1) is 12.8. The van der Waals surface area contributed by atoms with Gasteiger partial charge in [0.15, 0.2) is 0 Å². The zero-order valence-electron chi connectivity index (χ0n) is 15.0. The summed E-state index contributed by atoms with van der Waals surface area (Å²) >= 11 is 1.05. The van der Waals surface area contributed by atoms with Gasteiger partial charge in [-0.05, 0) is 6.92 Å². The molecule has 0 bridgehead atoms. The van der Waals surface area contributed by atoms with Gasteiger partial charge in [-0.3, -0.25) is 14.2 Å². The van der Waals surface area contributed by atoms with Crippen molar-refractivity contribution >= 4 is 34.8 Å². The van der Waals surface area contributed by atoms with Crippen molar-refractivity contribution in [2.75, 3.05) is 12.3 Å². The maximum absolute atomic E-state index is 12.9. The number of nitrogens with one attached hydrogen (secondary N) is 1. The van der Waals surface area contributed by atoms with Crippen LogP contribution in [0.2, 0.25) is 0 Å². The summed E-state index contributed by atoms with van der Waals surface area (Å²) in [5.74, 6) is -0.367. The predicted octanol–water partition coefficient (Wildman–Crippen LogP) is -0.177. The van der Waals surface area contributed by atoms with Gasteiger partial charge >= 0.3 is 11.9 Å². The summed E-state index contributed by atoms with van der Waals surface area (Å²) in [6, 6.07) is -2.45. The van der Waals surface area contributed by atoms with E-state index in [0.29, 0.717) is 18.0 Å². The number of urea groups is 1. The first-order valence-electron chi connectivity index (χ1n) is 8.74. The molecule has 4 amide bonds. The molecule has 11 heteroatoms. The Morgan fingerprint density at radius 1 is 1.48 bits per heavy atom. The second-order valence-corrected chi connectivity index (χ2v) is 7.97. The molecule has 2 unspecified atom stereocenters. The van der Waals surface area contributed by atoms with E-state index in [4.69, 9.17) is 11.5 Å². The fraction of sp³-hybridized carbons (Fsp3) is 0.562. The topological polar surface area (TPSA) is 150 Å². The third-order valence-corrected chi connectivity index (χ3v) is 6.16. The van der Waals surface area contributed by atoms with Crippen LogP contribution in [0.25, 0.3) is 0 Å². The molecule has 0 aromatic carbocycles. The average molecular weight is 395 g/mol. The van der Waals surface area contributed by atoms with E-state index in [0.717, 1.165) is 24.6 Å². The highest BCUT2D eigenvalue weighted by atomic mass is 32.2. The summed E-state index contributed by atoms with van der Waals surface area (Å²) in [5, 5.41) is 2.34. The Labute approximate surface area is 160 Å². The van der Waals surface area contributed by atoms with Gasteiger partial charge < -0.3 is 16.8 Å². The van der Waals surface area contributed by atoms with Crippen LogP contribution >= 0.6 is 11.8 Å². The predicted molar refractivity (Wildman–Crippen MR) is 97.7 cm³/mol. The Bertz CT molecular complexity index is 796. The van der Waals surface area contributed by atoms with E-state index in [1.807, 2.05) is 6.92 Å². The van der Waals surface area contributed by atoms with Gasteiger partial charge in [0.1, 0.15) is 24.5 Å². The summed E-state index contributed by atoms with van der Waals surface area (Å²) in [6.07, 6.45) is 4.38. The molecule has 1 aromatic rings. The maximum Gasteiger partial charge on any atom is 0.421 e.